The molecule has 2 fully saturated rings. The van der Waals surface area contributed by atoms with E-state index in [-0.39, 0.29) is 12.1 Å². The van der Waals surface area contributed by atoms with Gasteiger partial charge in [0.05, 0.1) is 13.2 Å². The number of hydrogen-bond donors (Lipinski definition) is 0. The van der Waals surface area contributed by atoms with E-state index in [9.17, 15) is 4.79 Å². The molecule has 20 heavy (non-hydrogen) atoms. The molecule has 2 unspecified atom stereocenters. The maximum Gasteiger partial charge on any atom is 0.410 e. The van der Waals surface area contributed by atoms with E-state index in [1.165, 1.54) is 0 Å². The number of carbonyl (C=O) groups excluding carboxylic acids is 1. The van der Waals surface area contributed by atoms with E-state index in [1.54, 1.807) is 0 Å². The summed E-state index contributed by atoms with van der Waals surface area (Å²) in [5.41, 5.74) is -0.419. The molecule has 0 N–H and O–H groups in total. The fourth-order valence-electron chi connectivity index (χ4n) is 3.01. The Morgan fingerprint density at radius 1 is 1.20 bits per heavy atom. The lowest BCUT2D eigenvalue weighted by Crippen LogP contribution is -2.53. The highest BCUT2D eigenvalue weighted by Gasteiger charge is 2.34. The summed E-state index contributed by atoms with van der Waals surface area (Å²) in [4.78, 5) is 16.6. The van der Waals surface area contributed by atoms with Gasteiger partial charge in [-0.3, -0.25) is 4.90 Å². The molecule has 0 aromatic rings. The van der Waals surface area contributed by atoms with E-state index >= 15 is 0 Å². The van der Waals surface area contributed by atoms with E-state index in [2.05, 4.69) is 11.8 Å². The maximum absolute atomic E-state index is 12.2. The van der Waals surface area contributed by atoms with Gasteiger partial charge < -0.3 is 14.4 Å². The molecule has 2 atom stereocenters. The summed E-state index contributed by atoms with van der Waals surface area (Å²) in [6.45, 7) is 12.4. The number of amides is 1. The van der Waals surface area contributed by atoms with Crippen molar-refractivity contribution in [3.63, 3.8) is 0 Å². The third-order valence-electron chi connectivity index (χ3n) is 4.04. The van der Waals surface area contributed by atoms with Crippen LogP contribution in [0.15, 0.2) is 0 Å². The van der Waals surface area contributed by atoms with Gasteiger partial charge in [-0.05, 0) is 40.5 Å². The molecule has 5 nitrogen and oxygen atoms in total. The summed E-state index contributed by atoms with van der Waals surface area (Å²) in [5.74, 6) is 0. The average molecular weight is 284 g/mol. The summed E-state index contributed by atoms with van der Waals surface area (Å²) < 4.78 is 10.9. The predicted octanol–water partition coefficient (Wildman–Crippen LogP) is 2.11. The molecule has 0 spiro atoms. The van der Waals surface area contributed by atoms with Gasteiger partial charge in [0, 0.05) is 31.7 Å². The van der Waals surface area contributed by atoms with Crippen molar-refractivity contribution in [3.05, 3.63) is 0 Å². The van der Waals surface area contributed by atoms with Gasteiger partial charge in [0.15, 0.2) is 0 Å². The van der Waals surface area contributed by atoms with Gasteiger partial charge in [-0.15, -0.1) is 0 Å². The van der Waals surface area contributed by atoms with Crippen molar-refractivity contribution in [3.8, 4) is 0 Å². The average Bonchev–Trinajstić information content (AvgIpc) is 2.37. The molecular weight excluding hydrogens is 256 g/mol. The molecule has 2 rings (SSSR count). The van der Waals surface area contributed by atoms with Crippen LogP contribution in [0.25, 0.3) is 0 Å². The largest absolute Gasteiger partial charge is 0.444 e. The van der Waals surface area contributed by atoms with Crippen molar-refractivity contribution in [1.82, 2.24) is 9.80 Å². The smallest absolute Gasteiger partial charge is 0.410 e. The van der Waals surface area contributed by atoms with Gasteiger partial charge in [0.25, 0.3) is 0 Å². The van der Waals surface area contributed by atoms with E-state index in [0.717, 1.165) is 45.7 Å². The van der Waals surface area contributed by atoms with Crippen molar-refractivity contribution in [1.29, 1.82) is 0 Å². The molecule has 0 radical (unpaired) electrons. The first kappa shape index (κ1) is 15.6. The minimum atomic E-state index is -0.419. The van der Waals surface area contributed by atoms with Gasteiger partial charge in [0.1, 0.15) is 5.60 Å². The van der Waals surface area contributed by atoms with Crippen LogP contribution in [-0.4, -0.2) is 66.4 Å². The Morgan fingerprint density at radius 2 is 1.85 bits per heavy atom. The quantitative estimate of drug-likeness (QED) is 0.739. The lowest BCUT2D eigenvalue weighted by Gasteiger charge is -2.43. The molecule has 0 aromatic carbocycles. The predicted molar refractivity (Wildman–Crippen MR) is 77.8 cm³/mol. The van der Waals surface area contributed by atoms with Crippen molar-refractivity contribution in [2.75, 3.05) is 32.8 Å². The Kier molecular flexibility index (Phi) is 4.91. The minimum absolute atomic E-state index is 0.176. The Labute approximate surface area is 122 Å². The number of ether oxygens (including phenoxy) is 2. The molecule has 2 aliphatic heterocycles. The molecule has 1 amide bonds. The van der Waals surface area contributed by atoms with Crippen LogP contribution in [0.4, 0.5) is 4.79 Å². The van der Waals surface area contributed by atoms with Crippen molar-refractivity contribution in [2.45, 2.75) is 58.2 Å². The Balaban J connectivity index is 1.87. The van der Waals surface area contributed by atoms with Crippen LogP contribution in [0.5, 0.6) is 0 Å². The van der Waals surface area contributed by atoms with E-state index in [0.29, 0.717) is 6.04 Å². The van der Waals surface area contributed by atoms with Gasteiger partial charge in [-0.25, -0.2) is 4.79 Å². The van der Waals surface area contributed by atoms with E-state index in [4.69, 9.17) is 9.47 Å². The summed E-state index contributed by atoms with van der Waals surface area (Å²) in [6.07, 6.45) is 1.88. The second kappa shape index (κ2) is 6.31. The molecule has 2 saturated heterocycles. The van der Waals surface area contributed by atoms with Gasteiger partial charge >= 0.3 is 6.09 Å². The number of rotatable bonds is 1. The number of likely N-dealkylation sites (tertiary alicyclic amines) is 1. The minimum Gasteiger partial charge on any atom is -0.444 e. The van der Waals surface area contributed by atoms with Crippen LogP contribution >= 0.6 is 0 Å². The lowest BCUT2D eigenvalue weighted by atomic mass is 9.97. The lowest BCUT2D eigenvalue weighted by molar-refractivity contribution is -0.0203. The van der Waals surface area contributed by atoms with Crippen LogP contribution in [0, 0.1) is 0 Å². The number of nitrogens with zero attached hydrogens (tertiary/aromatic N) is 2. The van der Waals surface area contributed by atoms with Crippen molar-refractivity contribution >= 4 is 6.09 Å². The molecule has 0 aromatic heterocycles. The van der Waals surface area contributed by atoms with Crippen LogP contribution in [0.1, 0.15) is 40.5 Å². The number of carbonyl (C=O) groups is 1. The highest BCUT2D eigenvalue weighted by Crippen LogP contribution is 2.24. The molecule has 2 heterocycles. The van der Waals surface area contributed by atoms with Crippen LogP contribution < -0.4 is 0 Å². The molecular formula is C15H28N2O3. The number of hydrogen-bond acceptors (Lipinski definition) is 4. The van der Waals surface area contributed by atoms with Gasteiger partial charge in [-0.1, -0.05) is 0 Å². The highest BCUT2D eigenvalue weighted by atomic mass is 16.6. The zero-order chi connectivity index (χ0) is 14.8. The first-order valence-corrected chi connectivity index (χ1v) is 7.68. The van der Waals surface area contributed by atoms with Crippen LogP contribution in [0.3, 0.4) is 0 Å². The van der Waals surface area contributed by atoms with E-state index in [1.807, 2.05) is 25.7 Å². The molecule has 2 aliphatic rings. The third-order valence-corrected chi connectivity index (χ3v) is 4.04. The normalized spacial score (nSPS) is 29.3. The highest BCUT2D eigenvalue weighted by molar-refractivity contribution is 5.68. The Morgan fingerprint density at radius 3 is 2.40 bits per heavy atom. The SMILES string of the molecule is CC1CC(N2CCOCC2)CCN1C(=O)OC(C)(C)C. The topological polar surface area (TPSA) is 42.0 Å². The van der Waals surface area contributed by atoms with Crippen molar-refractivity contribution < 1.29 is 14.3 Å². The first-order valence-electron chi connectivity index (χ1n) is 7.68. The zero-order valence-corrected chi connectivity index (χ0v) is 13.2. The third kappa shape index (κ3) is 4.09. The summed E-state index contributed by atoms with van der Waals surface area (Å²) in [6, 6.07) is 0.819. The fraction of sp³-hybridized carbons (Fsp3) is 0.933. The molecule has 0 saturated carbocycles. The fourth-order valence-corrected chi connectivity index (χ4v) is 3.01. The number of morpholine rings is 1. The monoisotopic (exact) mass is 284 g/mol. The molecule has 116 valence electrons. The summed E-state index contributed by atoms with van der Waals surface area (Å²) in [5, 5.41) is 0. The second-order valence-electron chi connectivity index (χ2n) is 6.85. The molecule has 5 heteroatoms. The van der Waals surface area contributed by atoms with Crippen LogP contribution in [-0.2, 0) is 9.47 Å². The van der Waals surface area contributed by atoms with Crippen molar-refractivity contribution in [2.24, 2.45) is 0 Å². The Bertz CT molecular complexity index is 335. The molecule has 0 bridgehead atoms. The maximum atomic E-state index is 12.2. The number of piperidine rings is 1. The Hall–Kier alpha value is -0.810. The second-order valence-corrected chi connectivity index (χ2v) is 6.85. The zero-order valence-electron chi connectivity index (χ0n) is 13.2. The van der Waals surface area contributed by atoms with E-state index < -0.39 is 5.60 Å². The summed E-state index contributed by atoms with van der Waals surface area (Å²) in [7, 11) is 0. The molecule has 0 aliphatic carbocycles. The van der Waals surface area contributed by atoms with Gasteiger partial charge in [-0.2, -0.15) is 0 Å². The standard InChI is InChI=1S/C15H28N2O3/c1-12-11-13(16-7-9-19-10-8-16)5-6-17(12)14(18)20-15(2,3)4/h12-13H,5-11H2,1-4H3. The van der Waals surface area contributed by atoms with Crippen LogP contribution in [0.2, 0.25) is 0 Å². The van der Waals surface area contributed by atoms with Gasteiger partial charge in [0.2, 0.25) is 0 Å². The summed E-state index contributed by atoms with van der Waals surface area (Å²) >= 11 is 0. The first-order chi connectivity index (χ1) is 9.37.